The van der Waals surface area contributed by atoms with Crippen LogP contribution in [0, 0.1) is 5.92 Å². The maximum Gasteiger partial charge on any atom is 0.321 e. The Hall–Kier alpha value is -1.14. The van der Waals surface area contributed by atoms with Crippen LogP contribution in [0.25, 0.3) is 0 Å². The maximum atomic E-state index is 12.0. The van der Waals surface area contributed by atoms with Gasteiger partial charge in [-0.3, -0.25) is 15.0 Å². The van der Waals surface area contributed by atoms with Gasteiger partial charge in [0.2, 0.25) is 5.91 Å². The second-order valence-electron chi connectivity index (χ2n) is 5.44. The molecule has 2 fully saturated rings. The van der Waals surface area contributed by atoms with E-state index in [1.807, 2.05) is 13.8 Å². The van der Waals surface area contributed by atoms with Crippen molar-refractivity contribution in [1.29, 1.82) is 0 Å². The average molecular weight is 268 g/mol. The number of rotatable bonds is 3. The number of urea groups is 1. The monoisotopic (exact) mass is 268 g/mol. The molecule has 2 aliphatic heterocycles. The summed E-state index contributed by atoms with van der Waals surface area (Å²) in [6, 6.07) is -0.155. The zero-order valence-electron chi connectivity index (χ0n) is 11.7. The number of likely N-dealkylation sites (tertiary alicyclic amines) is 1. The molecule has 19 heavy (non-hydrogen) atoms. The van der Waals surface area contributed by atoms with Crippen LogP contribution in [0.4, 0.5) is 4.79 Å². The van der Waals surface area contributed by atoms with E-state index in [-0.39, 0.29) is 11.9 Å². The van der Waals surface area contributed by atoms with E-state index in [4.69, 9.17) is 0 Å². The maximum absolute atomic E-state index is 12.0. The minimum atomic E-state index is -0.408. The minimum Gasteiger partial charge on any atom is -0.338 e. The fraction of sp³-hybridized carbons (Fsp3) is 0.846. The van der Waals surface area contributed by atoms with E-state index in [0.717, 1.165) is 19.6 Å². The van der Waals surface area contributed by atoms with Crippen LogP contribution in [0.15, 0.2) is 0 Å². The molecule has 6 heteroatoms. The number of nitrogens with zero attached hydrogens (tertiary/aromatic N) is 1. The van der Waals surface area contributed by atoms with Crippen molar-refractivity contribution in [1.82, 2.24) is 20.9 Å². The number of hydrogen-bond acceptors (Lipinski definition) is 4. The lowest BCUT2D eigenvalue weighted by Gasteiger charge is -2.24. The second kappa shape index (κ2) is 6.34. The Kier molecular flexibility index (Phi) is 4.76. The van der Waals surface area contributed by atoms with Gasteiger partial charge >= 0.3 is 6.03 Å². The lowest BCUT2D eigenvalue weighted by atomic mass is 9.94. The molecule has 2 rings (SSSR count). The number of amides is 3. The highest BCUT2D eigenvalue weighted by molar-refractivity contribution is 5.96. The van der Waals surface area contributed by atoms with Crippen molar-refractivity contribution in [3.8, 4) is 0 Å². The Bertz CT molecular complexity index is 334. The fourth-order valence-corrected chi connectivity index (χ4v) is 2.98. The molecule has 0 aliphatic carbocycles. The van der Waals surface area contributed by atoms with Gasteiger partial charge in [0.25, 0.3) is 0 Å². The van der Waals surface area contributed by atoms with Gasteiger partial charge in [0.15, 0.2) is 0 Å². The SMILES string of the molecule is CCNC(=O)NC(=O)C(C)N1CC2CCCNC2C1. The molecule has 2 heterocycles. The quantitative estimate of drug-likeness (QED) is 0.668. The van der Waals surface area contributed by atoms with Crippen molar-refractivity contribution in [2.24, 2.45) is 5.92 Å². The first kappa shape index (κ1) is 14.3. The Labute approximate surface area is 114 Å². The molecule has 3 atom stereocenters. The molecule has 0 radical (unpaired) electrons. The van der Waals surface area contributed by atoms with Gasteiger partial charge in [-0.15, -0.1) is 0 Å². The number of imide groups is 1. The number of nitrogens with one attached hydrogen (secondary N) is 3. The Balaban J connectivity index is 1.84. The summed E-state index contributed by atoms with van der Waals surface area (Å²) in [5, 5.41) is 8.47. The highest BCUT2D eigenvalue weighted by Crippen LogP contribution is 2.26. The van der Waals surface area contributed by atoms with Gasteiger partial charge in [-0.05, 0) is 39.2 Å². The Morgan fingerprint density at radius 1 is 1.42 bits per heavy atom. The number of carbonyl (C=O) groups excluding carboxylic acids is 2. The molecule has 0 aromatic heterocycles. The first-order valence-electron chi connectivity index (χ1n) is 7.18. The molecular formula is C13H24N4O2. The standard InChI is InChI=1S/C13H24N4O2/c1-3-14-13(19)16-12(18)9(2)17-7-10-5-4-6-15-11(10)8-17/h9-11,15H,3-8H2,1-2H3,(H2,14,16,18,19). The summed E-state index contributed by atoms with van der Waals surface area (Å²) < 4.78 is 0. The summed E-state index contributed by atoms with van der Waals surface area (Å²) in [5.41, 5.74) is 0. The van der Waals surface area contributed by atoms with Crippen LogP contribution >= 0.6 is 0 Å². The van der Waals surface area contributed by atoms with E-state index in [9.17, 15) is 9.59 Å². The lowest BCUT2D eigenvalue weighted by molar-refractivity contribution is -0.124. The van der Waals surface area contributed by atoms with E-state index in [1.165, 1.54) is 12.8 Å². The summed E-state index contributed by atoms with van der Waals surface area (Å²) in [5.74, 6) is 0.429. The van der Waals surface area contributed by atoms with Crippen LogP contribution in [-0.2, 0) is 4.79 Å². The van der Waals surface area contributed by atoms with Crippen molar-refractivity contribution >= 4 is 11.9 Å². The lowest BCUT2D eigenvalue weighted by Crippen LogP contribution is -2.49. The molecule has 3 amide bonds. The van der Waals surface area contributed by atoms with Crippen LogP contribution in [0.3, 0.4) is 0 Å². The van der Waals surface area contributed by atoms with Crippen LogP contribution in [0.2, 0.25) is 0 Å². The molecule has 0 bridgehead atoms. The van der Waals surface area contributed by atoms with Gasteiger partial charge in [-0.1, -0.05) is 0 Å². The number of hydrogen-bond donors (Lipinski definition) is 3. The summed E-state index contributed by atoms with van der Waals surface area (Å²) in [6.07, 6.45) is 2.45. The van der Waals surface area contributed by atoms with Gasteiger partial charge in [-0.2, -0.15) is 0 Å². The molecular weight excluding hydrogens is 244 g/mol. The number of carbonyl (C=O) groups is 2. The van der Waals surface area contributed by atoms with E-state index < -0.39 is 6.03 Å². The van der Waals surface area contributed by atoms with Gasteiger partial charge in [0, 0.05) is 25.7 Å². The zero-order valence-corrected chi connectivity index (χ0v) is 11.7. The number of fused-ring (bicyclic) bond motifs is 1. The van der Waals surface area contributed by atoms with Crippen molar-refractivity contribution in [3.63, 3.8) is 0 Å². The minimum absolute atomic E-state index is 0.218. The largest absolute Gasteiger partial charge is 0.338 e. The van der Waals surface area contributed by atoms with Crippen LogP contribution in [0.5, 0.6) is 0 Å². The molecule has 0 saturated carbocycles. The van der Waals surface area contributed by atoms with E-state index in [2.05, 4.69) is 20.9 Å². The smallest absolute Gasteiger partial charge is 0.321 e. The van der Waals surface area contributed by atoms with Crippen LogP contribution < -0.4 is 16.0 Å². The molecule has 3 N–H and O–H groups in total. The predicted octanol–water partition coefficient (Wildman–Crippen LogP) is -0.0956. The highest BCUT2D eigenvalue weighted by Gasteiger charge is 2.37. The molecule has 2 aliphatic rings. The van der Waals surface area contributed by atoms with Crippen molar-refractivity contribution in [3.05, 3.63) is 0 Å². The molecule has 0 aromatic rings. The van der Waals surface area contributed by atoms with Crippen LogP contribution in [0.1, 0.15) is 26.7 Å². The molecule has 108 valence electrons. The highest BCUT2D eigenvalue weighted by atomic mass is 16.2. The third-order valence-electron chi connectivity index (χ3n) is 4.13. The van der Waals surface area contributed by atoms with Gasteiger partial charge in [0.1, 0.15) is 0 Å². The van der Waals surface area contributed by atoms with Crippen molar-refractivity contribution < 1.29 is 9.59 Å². The van der Waals surface area contributed by atoms with Crippen molar-refractivity contribution in [2.45, 2.75) is 38.8 Å². The summed E-state index contributed by atoms with van der Waals surface area (Å²) in [6.45, 7) is 7.13. The van der Waals surface area contributed by atoms with E-state index >= 15 is 0 Å². The number of piperidine rings is 1. The first-order chi connectivity index (χ1) is 9.11. The van der Waals surface area contributed by atoms with Gasteiger partial charge in [0.05, 0.1) is 6.04 Å². The molecule has 2 saturated heterocycles. The zero-order chi connectivity index (χ0) is 13.8. The van der Waals surface area contributed by atoms with E-state index in [1.54, 1.807) is 0 Å². The predicted molar refractivity (Wildman–Crippen MR) is 72.8 cm³/mol. The third-order valence-corrected chi connectivity index (χ3v) is 4.13. The summed E-state index contributed by atoms with van der Waals surface area (Å²) in [7, 11) is 0. The molecule has 0 aromatic carbocycles. The Morgan fingerprint density at radius 3 is 2.89 bits per heavy atom. The van der Waals surface area contributed by atoms with Crippen molar-refractivity contribution in [2.75, 3.05) is 26.2 Å². The topological polar surface area (TPSA) is 73.5 Å². The first-order valence-corrected chi connectivity index (χ1v) is 7.18. The molecule has 3 unspecified atom stereocenters. The third kappa shape index (κ3) is 3.45. The average Bonchev–Trinajstić information content (AvgIpc) is 2.81. The fourth-order valence-electron chi connectivity index (χ4n) is 2.98. The Morgan fingerprint density at radius 2 is 2.21 bits per heavy atom. The van der Waals surface area contributed by atoms with E-state index in [0.29, 0.717) is 18.5 Å². The molecule has 0 spiro atoms. The van der Waals surface area contributed by atoms with Gasteiger partial charge in [-0.25, -0.2) is 4.79 Å². The summed E-state index contributed by atoms with van der Waals surface area (Å²) >= 11 is 0. The second-order valence-corrected chi connectivity index (χ2v) is 5.44. The molecule has 6 nitrogen and oxygen atoms in total. The normalized spacial score (nSPS) is 28.5. The van der Waals surface area contributed by atoms with Gasteiger partial charge < -0.3 is 10.6 Å². The van der Waals surface area contributed by atoms with Crippen LogP contribution in [-0.4, -0.2) is 55.1 Å². The summed E-state index contributed by atoms with van der Waals surface area (Å²) in [4.78, 5) is 25.5.